The number of hydrogen-bond donors (Lipinski definition) is 1. The summed E-state index contributed by atoms with van der Waals surface area (Å²) in [7, 11) is 1.97. The van der Waals surface area contributed by atoms with E-state index in [1.165, 1.54) is 15.7 Å². The Morgan fingerprint density at radius 3 is 2.89 bits per heavy atom. The number of nitrogens with one attached hydrogen (secondary N) is 1. The number of morpholine rings is 1. The lowest BCUT2D eigenvalue weighted by Gasteiger charge is -2.40. The summed E-state index contributed by atoms with van der Waals surface area (Å²) in [4.78, 5) is 2.47. The maximum atomic E-state index is 5.76. The molecule has 3 nitrogen and oxygen atoms in total. The van der Waals surface area contributed by atoms with Gasteiger partial charge in [0.25, 0.3) is 0 Å². The highest BCUT2D eigenvalue weighted by Crippen LogP contribution is 2.28. The zero-order valence-corrected chi connectivity index (χ0v) is 13.5. The second-order valence-electron chi connectivity index (χ2n) is 5.16. The summed E-state index contributed by atoms with van der Waals surface area (Å²) in [6.45, 7) is 7.05. The van der Waals surface area contributed by atoms with E-state index in [-0.39, 0.29) is 0 Å². The van der Waals surface area contributed by atoms with Crippen LogP contribution in [0.3, 0.4) is 0 Å². The van der Waals surface area contributed by atoms with Crippen molar-refractivity contribution in [1.82, 2.24) is 5.32 Å². The van der Waals surface area contributed by atoms with Gasteiger partial charge in [0.15, 0.2) is 0 Å². The lowest BCUT2D eigenvalue weighted by molar-refractivity contribution is 0.0299. The third-order valence-corrected chi connectivity index (χ3v) is 4.41. The molecule has 0 saturated carbocycles. The Hall–Kier alpha value is -0.580. The number of benzene rings is 1. The van der Waals surface area contributed by atoms with Crippen molar-refractivity contribution >= 4 is 21.6 Å². The molecule has 1 aromatic rings. The molecule has 0 aliphatic carbocycles. The number of nitrogens with zero attached hydrogens (tertiary/aromatic N) is 1. The quantitative estimate of drug-likeness (QED) is 0.919. The van der Waals surface area contributed by atoms with Crippen molar-refractivity contribution in [3.8, 4) is 0 Å². The molecule has 1 heterocycles. The average Bonchev–Trinajstić information content (AvgIpc) is 2.41. The Kier molecular flexibility index (Phi) is 5.25. The SMILES string of the molecule is CCC1COC(C)CN1c1ccc(CNC)c(Br)c1. The van der Waals surface area contributed by atoms with Crippen molar-refractivity contribution in [2.24, 2.45) is 0 Å². The van der Waals surface area contributed by atoms with Crippen LogP contribution in [-0.2, 0) is 11.3 Å². The van der Waals surface area contributed by atoms with Crippen LogP contribution in [0.5, 0.6) is 0 Å². The summed E-state index contributed by atoms with van der Waals surface area (Å²) in [6.07, 6.45) is 1.42. The Balaban J connectivity index is 2.21. The van der Waals surface area contributed by atoms with E-state index < -0.39 is 0 Å². The van der Waals surface area contributed by atoms with Crippen LogP contribution in [0.2, 0.25) is 0 Å². The molecule has 0 amide bonds. The minimum atomic E-state index is 0.304. The lowest BCUT2D eigenvalue weighted by Crippen LogP contribution is -2.48. The molecule has 106 valence electrons. The molecule has 0 bridgehead atoms. The molecule has 0 spiro atoms. The number of anilines is 1. The van der Waals surface area contributed by atoms with Crippen LogP contribution in [0.4, 0.5) is 5.69 Å². The first kappa shape index (κ1) is 14.8. The molecule has 2 atom stereocenters. The topological polar surface area (TPSA) is 24.5 Å². The summed E-state index contributed by atoms with van der Waals surface area (Å²) in [5.74, 6) is 0. The van der Waals surface area contributed by atoms with Crippen molar-refractivity contribution in [3.63, 3.8) is 0 Å². The molecule has 0 aromatic heterocycles. The van der Waals surface area contributed by atoms with Gasteiger partial charge in [-0.15, -0.1) is 0 Å². The van der Waals surface area contributed by atoms with E-state index in [4.69, 9.17) is 4.74 Å². The Labute approximate surface area is 124 Å². The molecule has 2 unspecified atom stereocenters. The van der Waals surface area contributed by atoms with E-state index in [1.807, 2.05) is 7.05 Å². The van der Waals surface area contributed by atoms with Gasteiger partial charge in [-0.05, 0) is 38.1 Å². The van der Waals surface area contributed by atoms with Gasteiger partial charge < -0.3 is 15.0 Å². The predicted molar refractivity (Wildman–Crippen MR) is 83.7 cm³/mol. The van der Waals surface area contributed by atoms with Gasteiger partial charge >= 0.3 is 0 Å². The van der Waals surface area contributed by atoms with Crippen molar-refractivity contribution in [1.29, 1.82) is 0 Å². The van der Waals surface area contributed by atoms with Gasteiger partial charge in [-0.3, -0.25) is 0 Å². The molecule has 1 fully saturated rings. The van der Waals surface area contributed by atoms with Crippen molar-refractivity contribution in [2.45, 2.75) is 39.0 Å². The van der Waals surface area contributed by atoms with Crippen LogP contribution < -0.4 is 10.2 Å². The minimum Gasteiger partial charge on any atom is -0.375 e. The molecule has 1 aliphatic rings. The van der Waals surface area contributed by atoms with E-state index >= 15 is 0 Å². The Morgan fingerprint density at radius 2 is 2.26 bits per heavy atom. The Morgan fingerprint density at radius 1 is 1.47 bits per heavy atom. The van der Waals surface area contributed by atoms with Crippen LogP contribution in [0.25, 0.3) is 0 Å². The molecule has 1 aromatic carbocycles. The van der Waals surface area contributed by atoms with Gasteiger partial charge in [-0.1, -0.05) is 28.9 Å². The van der Waals surface area contributed by atoms with Gasteiger partial charge in [-0.2, -0.15) is 0 Å². The molecule has 19 heavy (non-hydrogen) atoms. The zero-order chi connectivity index (χ0) is 13.8. The molecule has 4 heteroatoms. The maximum Gasteiger partial charge on any atom is 0.0723 e. The normalized spacial score (nSPS) is 23.7. The number of halogens is 1. The summed E-state index contributed by atoms with van der Waals surface area (Å²) in [5, 5.41) is 3.19. The van der Waals surface area contributed by atoms with E-state index in [2.05, 4.69) is 58.2 Å². The first-order chi connectivity index (χ1) is 9.15. The van der Waals surface area contributed by atoms with Crippen LogP contribution in [0, 0.1) is 0 Å². The number of ether oxygens (including phenoxy) is 1. The monoisotopic (exact) mass is 326 g/mol. The van der Waals surface area contributed by atoms with Crippen LogP contribution in [0.1, 0.15) is 25.8 Å². The summed E-state index contributed by atoms with van der Waals surface area (Å²) in [5.41, 5.74) is 2.58. The van der Waals surface area contributed by atoms with E-state index in [0.29, 0.717) is 12.1 Å². The third kappa shape index (κ3) is 3.50. The fourth-order valence-electron chi connectivity index (χ4n) is 2.55. The van der Waals surface area contributed by atoms with E-state index in [9.17, 15) is 0 Å². The van der Waals surface area contributed by atoms with Crippen LogP contribution >= 0.6 is 15.9 Å². The fourth-order valence-corrected chi connectivity index (χ4v) is 3.05. The summed E-state index contributed by atoms with van der Waals surface area (Å²) < 4.78 is 6.94. The first-order valence-corrected chi connectivity index (χ1v) is 7.76. The Bertz CT molecular complexity index is 425. The molecule has 1 saturated heterocycles. The third-order valence-electron chi connectivity index (χ3n) is 3.67. The van der Waals surface area contributed by atoms with Gasteiger partial charge in [0.05, 0.1) is 18.8 Å². The van der Waals surface area contributed by atoms with Crippen molar-refractivity contribution in [3.05, 3.63) is 28.2 Å². The predicted octanol–water partition coefficient (Wildman–Crippen LogP) is 3.17. The second kappa shape index (κ2) is 6.73. The highest BCUT2D eigenvalue weighted by molar-refractivity contribution is 9.10. The molecule has 2 rings (SSSR count). The summed E-state index contributed by atoms with van der Waals surface area (Å²) in [6, 6.07) is 7.13. The molecule has 1 N–H and O–H groups in total. The smallest absolute Gasteiger partial charge is 0.0723 e. The van der Waals surface area contributed by atoms with Crippen LogP contribution in [-0.4, -0.2) is 32.3 Å². The number of rotatable bonds is 4. The first-order valence-electron chi connectivity index (χ1n) is 6.97. The van der Waals surface area contributed by atoms with Gasteiger partial charge in [0.1, 0.15) is 0 Å². The standard InChI is InChI=1S/C15H23BrN2O/c1-4-13-10-19-11(2)9-18(13)14-6-5-12(8-17-3)15(16)7-14/h5-7,11,13,17H,4,8-10H2,1-3H3. The van der Waals surface area contributed by atoms with Crippen molar-refractivity contribution in [2.75, 3.05) is 25.1 Å². The average molecular weight is 327 g/mol. The highest BCUT2D eigenvalue weighted by atomic mass is 79.9. The second-order valence-corrected chi connectivity index (χ2v) is 6.02. The van der Waals surface area contributed by atoms with Gasteiger partial charge in [-0.25, -0.2) is 0 Å². The molecule has 0 radical (unpaired) electrons. The molecular formula is C15H23BrN2O. The maximum absolute atomic E-state index is 5.76. The van der Waals surface area contributed by atoms with E-state index in [1.54, 1.807) is 0 Å². The van der Waals surface area contributed by atoms with Crippen LogP contribution in [0.15, 0.2) is 22.7 Å². The highest BCUT2D eigenvalue weighted by Gasteiger charge is 2.25. The van der Waals surface area contributed by atoms with Gasteiger partial charge in [0.2, 0.25) is 0 Å². The molecule has 1 aliphatic heterocycles. The number of hydrogen-bond acceptors (Lipinski definition) is 3. The summed E-state index contributed by atoms with van der Waals surface area (Å²) >= 11 is 3.67. The fraction of sp³-hybridized carbons (Fsp3) is 0.600. The molecular weight excluding hydrogens is 304 g/mol. The zero-order valence-electron chi connectivity index (χ0n) is 11.9. The minimum absolute atomic E-state index is 0.304. The largest absolute Gasteiger partial charge is 0.375 e. The van der Waals surface area contributed by atoms with Gasteiger partial charge in [0, 0.05) is 23.2 Å². The van der Waals surface area contributed by atoms with Crippen molar-refractivity contribution < 1.29 is 4.74 Å². The lowest BCUT2D eigenvalue weighted by atomic mass is 10.1. The van der Waals surface area contributed by atoms with E-state index in [0.717, 1.165) is 26.1 Å².